The molecule has 17 heavy (non-hydrogen) atoms. The maximum atomic E-state index is 10.8. The molecule has 0 bridgehead atoms. The van der Waals surface area contributed by atoms with Crippen molar-refractivity contribution in [3.8, 4) is 0 Å². The molecule has 0 spiro atoms. The van der Waals surface area contributed by atoms with Crippen LogP contribution in [0.4, 0.5) is 5.95 Å². The molecular formula is C12H17N3O2. The van der Waals surface area contributed by atoms with Crippen molar-refractivity contribution in [1.82, 2.24) is 9.97 Å². The van der Waals surface area contributed by atoms with E-state index in [9.17, 15) is 4.79 Å². The van der Waals surface area contributed by atoms with Gasteiger partial charge in [0.1, 0.15) is 0 Å². The van der Waals surface area contributed by atoms with Crippen LogP contribution in [0.3, 0.4) is 0 Å². The van der Waals surface area contributed by atoms with E-state index >= 15 is 0 Å². The summed E-state index contributed by atoms with van der Waals surface area (Å²) in [5.74, 6) is 0.324. The van der Waals surface area contributed by atoms with E-state index in [1.165, 1.54) is 18.7 Å². The van der Waals surface area contributed by atoms with Gasteiger partial charge in [-0.05, 0) is 24.8 Å². The third-order valence-corrected chi connectivity index (χ3v) is 3.34. The van der Waals surface area contributed by atoms with Crippen LogP contribution >= 0.6 is 0 Å². The van der Waals surface area contributed by atoms with Gasteiger partial charge in [0, 0.05) is 19.3 Å². The van der Waals surface area contributed by atoms with E-state index in [1.54, 1.807) is 0 Å². The van der Waals surface area contributed by atoms with Crippen LogP contribution in [0.25, 0.3) is 0 Å². The topological polar surface area (TPSA) is 66.3 Å². The van der Waals surface area contributed by atoms with Crippen LogP contribution in [0.5, 0.6) is 0 Å². The Morgan fingerprint density at radius 2 is 2.24 bits per heavy atom. The molecule has 1 N–H and O–H groups in total. The lowest BCUT2D eigenvalue weighted by atomic mass is 9.95. The Bertz CT molecular complexity index is 400. The fraction of sp³-hybridized carbons (Fsp3) is 0.583. The van der Waals surface area contributed by atoms with Crippen LogP contribution in [0, 0.1) is 5.92 Å². The van der Waals surface area contributed by atoms with Crippen LogP contribution in [-0.2, 0) is 0 Å². The van der Waals surface area contributed by atoms with Gasteiger partial charge in [-0.1, -0.05) is 13.3 Å². The average Bonchev–Trinajstić information content (AvgIpc) is 2.39. The molecule has 0 atom stereocenters. The van der Waals surface area contributed by atoms with E-state index in [0.29, 0.717) is 5.95 Å². The molecule has 0 unspecified atom stereocenters. The number of anilines is 1. The summed E-state index contributed by atoms with van der Waals surface area (Å²) in [4.78, 5) is 21.1. The largest absolute Gasteiger partial charge is 0.477 e. The molecule has 1 fully saturated rings. The Morgan fingerprint density at radius 1 is 1.53 bits per heavy atom. The first-order valence-electron chi connectivity index (χ1n) is 6.02. The molecule has 92 valence electrons. The third kappa shape index (κ3) is 2.72. The van der Waals surface area contributed by atoms with Crippen molar-refractivity contribution in [3.63, 3.8) is 0 Å². The molecule has 1 aliphatic heterocycles. The standard InChI is InChI=1S/C12H17N3O2/c1-2-9-4-7-15(8-5-9)12-13-6-3-10(14-12)11(16)17/h3,6,9H,2,4-5,7-8H2,1H3,(H,16,17). The Kier molecular flexibility index (Phi) is 3.56. The minimum atomic E-state index is -1.00. The highest BCUT2D eigenvalue weighted by Crippen LogP contribution is 2.22. The van der Waals surface area contributed by atoms with Gasteiger partial charge in [-0.2, -0.15) is 0 Å². The molecule has 0 amide bonds. The zero-order valence-corrected chi connectivity index (χ0v) is 9.96. The SMILES string of the molecule is CCC1CCN(c2nccc(C(=O)O)n2)CC1. The van der Waals surface area contributed by atoms with Gasteiger partial charge in [0.2, 0.25) is 5.95 Å². The second kappa shape index (κ2) is 5.12. The van der Waals surface area contributed by atoms with E-state index in [4.69, 9.17) is 5.11 Å². The summed E-state index contributed by atoms with van der Waals surface area (Å²) in [7, 11) is 0. The Hall–Kier alpha value is -1.65. The molecule has 1 aromatic heterocycles. The van der Waals surface area contributed by atoms with Crippen molar-refractivity contribution in [1.29, 1.82) is 0 Å². The summed E-state index contributed by atoms with van der Waals surface area (Å²) >= 11 is 0. The number of nitrogens with zero attached hydrogens (tertiary/aromatic N) is 3. The molecule has 2 rings (SSSR count). The van der Waals surface area contributed by atoms with Gasteiger partial charge in [-0.25, -0.2) is 14.8 Å². The molecule has 2 heterocycles. The highest BCUT2D eigenvalue weighted by molar-refractivity contribution is 5.85. The van der Waals surface area contributed by atoms with Crippen LogP contribution in [0.15, 0.2) is 12.3 Å². The van der Waals surface area contributed by atoms with Crippen LogP contribution in [0.2, 0.25) is 0 Å². The second-order valence-electron chi connectivity index (χ2n) is 4.39. The number of piperidine rings is 1. The van der Waals surface area contributed by atoms with E-state index < -0.39 is 5.97 Å². The van der Waals surface area contributed by atoms with Crippen LogP contribution in [-0.4, -0.2) is 34.1 Å². The third-order valence-electron chi connectivity index (χ3n) is 3.34. The fourth-order valence-electron chi connectivity index (χ4n) is 2.16. The molecule has 0 aliphatic carbocycles. The van der Waals surface area contributed by atoms with Gasteiger partial charge in [-0.3, -0.25) is 0 Å². The van der Waals surface area contributed by atoms with Gasteiger partial charge in [0.05, 0.1) is 0 Å². The van der Waals surface area contributed by atoms with E-state index in [-0.39, 0.29) is 5.69 Å². The van der Waals surface area contributed by atoms with Crippen molar-refractivity contribution in [2.45, 2.75) is 26.2 Å². The van der Waals surface area contributed by atoms with Crippen molar-refractivity contribution in [3.05, 3.63) is 18.0 Å². The van der Waals surface area contributed by atoms with Crippen molar-refractivity contribution in [2.24, 2.45) is 5.92 Å². The zero-order chi connectivity index (χ0) is 12.3. The van der Waals surface area contributed by atoms with Crippen molar-refractivity contribution >= 4 is 11.9 Å². The summed E-state index contributed by atoms with van der Waals surface area (Å²) in [5.41, 5.74) is 0.0626. The van der Waals surface area contributed by atoms with Crippen molar-refractivity contribution in [2.75, 3.05) is 18.0 Å². The first kappa shape index (κ1) is 11.8. The predicted molar refractivity (Wildman–Crippen MR) is 64.2 cm³/mol. The van der Waals surface area contributed by atoms with Gasteiger partial charge >= 0.3 is 5.97 Å². The summed E-state index contributed by atoms with van der Waals surface area (Å²) in [6, 6.07) is 1.42. The van der Waals surface area contributed by atoms with E-state index in [2.05, 4.69) is 21.8 Å². The molecular weight excluding hydrogens is 218 g/mol. The second-order valence-corrected chi connectivity index (χ2v) is 4.39. The number of hydrogen-bond acceptors (Lipinski definition) is 4. The molecule has 1 saturated heterocycles. The lowest BCUT2D eigenvalue weighted by molar-refractivity contribution is 0.0690. The highest BCUT2D eigenvalue weighted by atomic mass is 16.4. The Balaban J connectivity index is 2.08. The highest BCUT2D eigenvalue weighted by Gasteiger charge is 2.20. The minimum Gasteiger partial charge on any atom is -0.477 e. The molecule has 0 saturated carbocycles. The minimum absolute atomic E-state index is 0.0626. The predicted octanol–water partition coefficient (Wildman–Crippen LogP) is 1.80. The van der Waals surface area contributed by atoms with Gasteiger partial charge in [-0.15, -0.1) is 0 Å². The average molecular weight is 235 g/mol. The van der Waals surface area contributed by atoms with Gasteiger partial charge in [0.15, 0.2) is 5.69 Å². The van der Waals surface area contributed by atoms with Crippen LogP contribution < -0.4 is 4.90 Å². The maximum Gasteiger partial charge on any atom is 0.354 e. The van der Waals surface area contributed by atoms with Crippen molar-refractivity contribution < 1.29 is 9.90 Å². The van der Waals surface area contributed by atoms with Gasteiger partial charge < -0.3 is 10.0 Å². The number of rotatable bonds is 3. The molecule has 5 nitrogen and oxygen atoms in total. The quantitative estimate of drug-likeness (QED) is 0.865. The number of carbonyl (C=O) groups is 1. The fourth-order valence-corrected chi connectivity index (χ4v) is 2.16. The number of carboxylic acids is 1. The summed E-state index contributed by atoms with van der Waals surface area (Å²) in [6.07, 6.45) is 5.00. The molecule has 5 heteroatoms. The molecule has 1 aliphatic rings. The summed E-state index contributed by atoms with van der Waals surface area (Å²) in [6.45, 7) is 4.05. The normalized spacial score (nSPS) is 17.1. The zero-order valence-electron chi connectivity index (χ0n) is 9.96. The number of aromatic carboxylic acids is 1. The lowest BCUT2D eigenvalue weighted by Gasteiger charge is -2.31. The number of aromatic nitrogens is 2. The summed E-state index contributed by atoms with van der Waals surface area (Å²) in [5, 5.41) is 8.88. The Morgan fingerprint density at radius 3 is 2.82 bits per heavy atom. The lowest BCUT2D eigenvalue weighted by Crippen LogP contribution is -2.34. The molecule has 0 radical (unpaired) electrons. The number of carboxylic acid groups (broad SMARTS) is 1. The molecule has 0 aromatic carbocycles. The Labute approximate surface area is 100 Å². The van der Waals surface area contributed by atoms with E-state index in [1.807, 2.05) is 0 Å². The molecule has 1 aromatic rings. The van der Waals surface area contributed by atoms with E-state index in [0.717, 1.165) is 31.8 Å². The smallest absolute Gasteiger partial charge is 0.354 e. The van der Waals surface area contributed by atoms with Crippen LogP contribution in [0.1, 0.15) is 36.7 Å². The van der Waals surface area contributed by atoms with Gasteiger partial charge in [0.25, 0.3) is 0 Å². The first-order chi connectivity index (χ1) is 8.20. The maximum absolute atomic E-state index is 10.8. The first-order valence-corrected chi connectivity index (χ1v) is 6.02. The summed E-state index contributed by atoms with van der Waals surface area (Å²) < 4.78 is 0. The monoisotopic (exact) mass is 235 g/mol. The number of hydrogen-bond donors (Lipinski definition) is 1.